The lowest BCUT2D eigenvalue weighted by molar-refractivity contribution is 0.275. The molecule has 1 aromatic rings. The summed E-state index contributed by atoms with van der Waals surface area (Å²) in [5.74, 6) is 0.166. The summed E-state index contributed by atoms with van der Waals surface area (Å²) in [7, 11) is 0. The first-order valence-corrected chi connectivity index (χ1v) is 4.83. The summed E-state index contributed by atoms with van der Waals surface area (Å²) in [6, 6.07) is 5.36. The highest BCUT2D eigenvalue weighted by atomic mass is 16.6. The van der Waals surface area contributed by atoms with Gasteiger partial charge >= 0.3 is 0 Å². The van der Waals surface area contributed by atoms with Gasteiger partial charge in [-0.3, -0.25) is 0 Å². The van der Waals surface area contributed by atoms with Crippen molar-refractivity contribution in [1.29, 1.82) is 0 Å². The second kappa shape index (κ2) is 3.98. The maximum atomic E-state index is 9.34. The number of aromatic hydroxyl groups is 1. The van der Waals surface area contributed by atoms with Crippen LogP contribution in [0.3, 0.4) is 0 Å². The average Bonchev–Trinajstić information content (AvgIpc) is 3.00. The first-order chi connectivity index (χ1) is 6.79. The van der Waals surface area contributed by atoms with Crippen LogP contribution >= 0.6 is 0 Å². The van der Waals surface area contributed by atoms with E-state index in [1.165, 1.54) is 0 Å². The molecule has 2 N–H and O–H groups in total. The number of phenols is 1. The van der Waals surface area contributed by atoms with E-state index in [2.05, 4.69) is 0 Å². The number of aryl methyl sites for hydroxylation is 1. The van der Waals surface area contributed by atoms with Gasteiger partial charge in [0, 0.05) is 5.56 Å². The predicted octanol–water partition coefficient (Wildman–Crippen LogP) is 1.22. The molecule has 0 amide bonds. The quantitative estimate of drug-likeness (QED) is 0.708. The third-order valence-corrected chi connectivity index (χ3v) is 2.47. The minimum Gasteiger partial charge on any atom is -0.508 e. The molecule has 1 heterocycles. The van der Waals surface area contributed by atoms with E-state index in [4.69, 9.17) is 9.84 Å². The van der Waals surface area contributed by atoms with E-state index < -0.39 is 0 Å². The molecule has 1 aliphatic rings. The fourth-order valence-corrected chi connectivity index (χ4v) is 1.48. The van der Waals surface area contributed by atoms with Crippen molar-refractivity contribution in [3.63, 3.8) is 0 Å². The molecule has 0 bridgehead atoms. The first-order valence-electron chi connectivity index (χ1n) is 4.83. The average molecular weight is 194 g/mol. The Morgan fingerprint density at radius 3 is 2.86 bits per heavy atom. The zero-order valence-corrected chi connectivity index (χ0v) is 7.94. The van der Waals surface area contributed by atoms with Crippen LogP contribution in [0.5, 0.6) is 5.75 Å². The molecular formula is C11H14O3. The fraction of sp³-hybridized carbons (Fsp3) is 0.455. The molecule has 0 spiro atoms. The molecule has 1 fully saturated rings. The standard InChI is InChI=1S/C11H14O3/c12-6-9-5-8(2-4-11(9)13)1-3-10-7-14-10/h2,4-5,10,12-13H,1,3,6-7H2. The fourth-order valence-electron chi connectivity index (χ4n) is 1.48. The van der Waals surface area contributed by atoms with E-state index in [0.29, 0.717) is 11.7 Å². The van der Waals surface area contributed by atoms with Crippen molar-refractivity contribution in [1.82, 2.24) is 0 Å². The summed E-state index contributed by atoms with van der Waals surface area (Å²) >= 11 is 0. The molecule has 14 heavy (non-hydrogen) atoms. The van der Waals surface area contributed by atoms with Crippen molar-refractivity contribution < 1.29 is 14.9 Å². The third kappa shape index (κ3) is 2.25. The summed E-state index contributed by atoms with van der Waals surface area (Å²) in [6.45, 7) is 0.768. The lowest BCUT2D eigenvalue weighted by Crippen LogP contribution is -1.93. The zero-order chi connectivity index (χ0) is 9.97. The maximum Gasteiger partial charge on any atom is 0.121 e. The number of benzene rings is 1. The minimum atomic E-state index is -0.112. The van der Waals surface area contributed by atoms with Crippen LogP contribution in [-0.4, -0.2) is 22.9 Å². The van der Waals surface area contributed by atoms with Crippen molar-refractivity contribution in [2.45, 2.75) is 25.6 Å². The van der Waals surface area contributed by atoms with Crippen LogP contribution in [0, 0.1) is 0 Å². The highest BCUT2D eigenvalue weighted by molar-refractivity contribution is 5.35. The largest absolute Gasteiger partial charge is 0.508 e. The Bertz CT molecular complexity index is 318. The topological polar surface area (TPSA) is 53.0 Å². The molecule has 1 saturated heterocycles. The molecule has 0 aliphatic carbocycles. The van der Waals surface area contributed by atoms with Gasteiger partial charge in [-0.2, -0.15) is 0 Å². The smallest absolute Gasteiger partial charge is 0.121 e. The van der Waals surface area contributed by atoms with Gasteiger partial charge in [0.05, 0.1) is 19.3 Å². The van der Waals surface area contributed by atoms with Crippen molar-refractivity contribution >= 4 is 0 Å². The number of hydrogen-bond acceptors (Lipinski definition) is 3. The van der Waals surface area contributed by atoms with Crippen molar-refractivity contribution in [3.05, 3.63) is 29.3 Å². The summed E-state index contributed by atoms with van der Waals surface area (Å²) in [5, 5.41) is 18.3. The van der Waals surface area contributed by atoms with Crippen LogP contribution in [0.2, 0.25) is 0 Å². The number of aliphatic hydroxyl groups is 1. The Morgan fingerprint density at radius 1 is 1.43 bits per heavy atom. The second-order valence-electron chi connectivity index (χ2n) is 3.62. The number of hydrogen-bond donors (Lipinski definition) is 2. The van der Waals surface area contributed by atoms with Gasteiger partial charge in [0.15, 0.2) is 0 Å². The van der Waals surface area contributed by atoms with Gasteiger partial charge in [-0.15, -0.1) is 0 Å². The molecule has 1 aromatic carbocycles. The molecule has 1 unspecified atom stereocenters. The number of aliphatic hydroxyl groups excluding tert-OH is 1. The van der Waals surface area contributed by atoms with Gasteiger partial charge in [-0.25, -0.2) is 0 Å². The van der Waals surface area contributed by atoms with Crippen LogP contribution in [-0.2, 0) is 17.8 Å². The maximum absolute atomic E-state index is 9.34. The van der Waals surface area contributed by atoms with E-state index in [-0.39, 0.29) is 12.4 Å². The van der Waals surface area contributed by atoms with Crippen molar-refractivity contribution in [2.75, 3.05) is 6.61 Å². The van der Waals surface area contributed by atoms with Crippen molar-refractivity contribution in [3.8, 4) is 5.75 Å². The van der Waals surface area contributed by atoms with Crippen LogP contribution in [0.25, 0.3) is 0 Å². The van der Waals surface area contributed by atoms with E-state index in [0.717, 1.165) is 25.0 Å². The first kappa shape index (κ1) is 9.49. The molecular weight excluding hydrogens is 180 g/mol. The van der Waals surface area contributed by atoms with Gasteiger partial charge in [0.25, 0.3) is 0 Å². The SMILES string of the molecule is OCc1cc(CCC2CO2)ccc1O. The Balaban J connectivity index is 2.01. The number of ether oxygens (including phenoxy) is 1. The van der Waals surface area contributed by atoms with Gasteiger partial charge < -0.3 is 14.9 Å². The van der Waals surface area contributed by atoms with Gasteiger partial charge in [0.1, 0.15) is 5.75 Å². The molecule has 76 valence electrons. The normalized spacial score (nSPS) is 19.6. The molecule has 1 atom stereocenters. The Labute approximate surface area is 83.0 Å². The summed E-state index contributed by atoms with van der Waals surface area (Å²) in [5.41, 5.74) is 1.74. The lowest BCUT2D eigenvalue weighted by atomic mass is 10.0. The molecule has 0 radical (unpaired) electrons. The zero-order valence-electron chi connectivity index (χ0n) is 7.94. The van der Waals surface area contributed by atoms with E-state index >= 15 is 0 Å². The monoisotopic (exact) mass is 194 g/mol. The highest BCUT2D eigenvalue weighted by Gasteiger charge is 2.21. The summed E-state index contributed by atoms with van der Waals surface area (Å²) in [6.07, 6.45) is 2.40. The van der Waals surface area contributed by atoms with Crippen LogP contribution < -0.4 is 0 Å². The van der Waals surface area contributed by atoms with E-state index in [9.17, 15) is 5.11 Å². The Morgan fingerprint density at radius 2 is 2.21 bits per heavy atom. The van der Waals surface area contributed by atoms with E-state index in [1.807, 2.05) is 12.1 Å². The molecule has 3 nitrogen and oxygen atoms in total. The Kier molecular flexibility index (Phi) is 2.70. The van der Waals surface area contributed by atoms with Gasteiger partial charge in [0.2, 0.25) is 0 Å². The third-order valence-electron chi connectivity index (χ3n) is 2.47. The van der Waals surface area contributed by atoms with Crippen LogP contribution in [0.1, 0.15) is 17.5 Å². The molecule has 2 rings (SSSR count). The van der Waals surface area contributed by atoms with Crippen LogP contribution in [0.4, 0.5) is 0 Å². The summed E-state index contributed by atoms with van der Waals surface area (Å²) < 4.78 is 5.11. The molecule has 3 heteroatoms. The molecule has 1 aliphatic heterocycles. The molecule has 0 aromatic heterocycles. The highest BCUT2D eigenvalue weighted by Crippen LogP contribution is 2.21. The Hall–Kier alpha value is -1.06. The van der Waals surface area contributed by atoms with E-state index in [1.54, 1.807) is 6.07 Å². The number of epoxide rings is 1. The van der Waals surface area contributed by atoms with Gasteiger partial charge in [-0.1, -0.05) is 6.07 Å². The second-order valence-corrected chi connectivity index (χ2v) is 3.62. The molecule has 0 saturated carbocycles. The van der Waals surface area contributed by atoms with Crippen LogP contribution in [0.15, 0.2) is 18.2 Å². The predicted molar refractivity (Wildman–Crippen MR) is 52.1 cm³/mol. The minimum absolute atomic E-state index is 0.112. The summed E-state index contributed by atoms with van der Waals surface area (Å²) in [4.78, 5) is 0. The number of rotatable bonds is 4. The lowest BCUT2D eigenvalue weighted by Gasteiger charge is -2.04. The van der Waals surface area contributed by atoms with Gasteiger partial charge in [-0.05, 0) is 30.5 Å². The van der Waals surface area contributed by atoms with Crippen molar-refractivity contribution in [2.24, 2.45) is 0 Å².